The Labute approximate surface area is 151 Å². The van der Waals surface area contributed by atoms with Gasteiger partial charge >= 0.3 is 7.12 Å². The van der Waals surface area contributed by atoms with Crippen LogP contribution in [0.2, 0.25) is 5.82 Å². The molecular weight excluding hydrogens is 311 g/mol. The minimum Gasteiger partial charge on any atom is -0.403 e. The van der Waals surface area contributed by atoms with E-state index >= 15 is 0 Å². The predicted octanol–water partition coefficient (Wildman–Crippen LogP) is 4.69. The van der Waals surface area contributed by atoms with E-state index < -0.39 is 0 Å². The molecule has 1 aliphatic carbocycles. The zero-order valence-corrected chi connectivity index (χ0v) is 16.1. The molecule has 1 saturated heterocycles. The Morgan fingerprint density at radius 2 is 1.68 bits per heavy atom. The van der Waals surface area contributed by atoms with Crippen LogP contribution in [0.25, 0.3) is 11.0 Å². The lowest BCUT2D eigenvalue weighted by atomic mass is 9.59. The number of aromatic nitrogens is 2. The summed E-state index contributed by atoms with van der Waals surface area (Å²) in [5.41, 5.74) is 1.74. The van der Waals surface area contributed by atoms with E-state index in [4.69, 9.17) is 14.3 Å². The quantitative estimate of drug-likeness (QED) is 0.744. The summed E-state index contributed by atoms with van der Waals surface area (Å²) in [7, 11) is 2.00. The van der Waals surface area contributed by atoms with Crippen molar-refractivity contribution < 1.29 is 9.31 Å². The van der Waals surface area contributed by atoms with Crippen molar-refractivity contribution >= 4 is 18.2 Å². The normalized spacial score (nSPS) is 28.6. The fourth-order valence-electron chi connectivity index (χ4n) is 4.37. The first-order valence-electron chi connectivity index (χ1n) is 9.57. The molecular formula is C20H29BN2O2. The maximum absolute atomic E-state index is 6.41. The van der Waals surface area contributed by atoms with Gasteiger partial charge in [-0.2, -0.15) is 0 Å². The maximum Gasteiger partial charge on any atom is 0.461 e. The number of aryl methyl sites for hydroxylation is 1. The average molecular weight is 340 g/mol. The van der Waals surface area contributed by atoms with Gasteiger partial charge in [0.1, 0.15) is 5.82 Å². The van der Waals surface area contributed by atoms with Gasteiger partial charge in [0.25, 0.3) is 0 Å². The standard InChI is InChI=1S/C20H29BN2O2/c1-19(2)20(3,4)25-21(24-19)15-11-7-6-10-14(15)18-22-16-12-8-9-13-17(16)23(18)5/h8-9,12-15H,6-7,10-11H2,1-5H3/t14-,15-/m0/s1. The summed E-state index contributed by atoms with van der Waals surface area (Å²) >= 11 is 0. The zero-order valence-electron chi connectivity index (χ0n) is 16.1. The predicted molar refractivity (Wildman–Crippen MR) is 102 cm³/mol. The molecule has 0 bridgehead atoms. The van der Waals surface area contributed by atoms with Gasteiger partial charge in [-0.25, -0.2) is 4.98 Å². The molecule has 0 unspecified atom stereocenters. The Hall–Kier alpha value is -1.33. The molecule has 2 aromatic rings. The van der Waals surface area contributed by atoms with Crippen LogP contribution in [0.1, 0.15) is 65.1 Å². The molecule has 2 aliphatic rings. The van der Waals surface area contributed by atoms with Crippen LogP contribution in [0.3, 0.4) is 0 Å². The second-order valence-electron chi connectivity index (χ2n) is 8.70. The third-order valence-corrected chi connectivity index (χ3v) is 6.59. The van der Waals surface area contributed by atoms with Gasteiger partial charge < -0.3 is 13.9 Å². The number of nitrogens with zero attached hydrogens (tertiary/aromatic N) is 2. The van der Waals surface area contributed by atoms with Gasteiger partial charge in [0.2, 0.25) is 0 Å². The van der Waals surface area contributed by atoms with Gasteiger partial charge in [-0.1, -0.05) is 31.4 Å². The summed E-state index contributed by atoms with van der Waals surface area (Å²) in [6.45, 7) is 8.56. The monoisotopic (exact) mass is 340 g/mol. The summed E-state index contributed by atoms with van der Waals surface area (Å²) in [6, 6.07) is 8.40. The van der Waals surface area contributed by atoms with Crippen molar-refractivity contribution in [2.45, 2.75) is 76.3 Å². The van der Waals surface area contributed by atoms with Gasteiger partial charge in [0.15, 0.2) is 0 Å². The molecule has 0 amide bonds. The van der Waals surface area contributed by atoms with E-state index in [1.165, 1.54) is 24.2 Å². The first-order chi connectivity index (χ1) is 11.8. The summed E-state index contributed by atoms with van der Waals surface area (Å²) in [5.74, 6) is 1.94. The largest absolute Gasteiger partial charge is 0.461 e. The average Bonchev–Trinajstić information content (AvgIpc) is 3.01. The zero-order chi connectivity index (χ0) is 17.8. The third-order valence-electron chi connectivity index (χ3n) is 6.59. The van der Waals surface area contributed by atoms with Crippen LogP contribution in [0.4, 0.5) is 0 Å². The minimum absolute atomic E-state index is 0.143. The number of benzene rings is 1. The van der Waals surface area contributed by atoms with Crippen LogP contribution in [0, 0.1) is 0 Å². The fourth-order valence-corrected chi connectivity index (χ4v) is 4.37. The molecule has 5 heteroatoms. The number of hydrogen-bond donors (Lipinski definition) is 0. The Morgan fingerprint density at radius 3 is 2.36 bits per heavy atom. The second-order valence-corrected chi connectivity index (χ2v) is 8.70. The Kier molecular flexibility index (Phi) is 4.00. The summed E-state index contributed by atoms with van der Waals surface area (Å²) in [6.07, 6.45) is 4.80. The van der Waals surface area contributed by atoms with Crippen molar-refractivity contribution in [1.82, 2.24) is 9.55 Å². The first-order valence-corrected chi connectivity index (χ1v) is 9.57. The van der Waals surface area contributed by atoms with Gasteiger partial charge in [-0.15, -0.1) is 0 Å². The molecule has 0 spiro atoms. The van der Waals surface area contributed by atoms with E-state index in [0.29, 0.717) is 11.7 Å². The van der Waals surface area contributed by atoms with Crippen LogP contribution < -0.4 is 0 Å². The SMILES string of the molecule is Cn1c([C@H]2CCCC[C@@H]2B2OC(C)(C)C(C)(C)O2)nc2ccccc21. The molecule has 0 N–H and O–H groups in total. The number of para-hydroxylation sites is 2. The molecule has 1 aliphatic heterocycles. The van der Waals surface area contributed by atoms with Crippen LogP contribution in [0.5, 0.6) is 0 Å². The highest BCUT2D eigenvalue weighted by Crippen LogP contribution is 2.49. The molecule has 2 atom stereocenters. The van der Waals surface area contributed by atoms with Crippen molar-refractivity contribution in [3.8, 4) is 0 Å². The molecule has 1 aromatic heterocycles. The highest BCUT2D eigenvalue weighted by molar-refractivity contribution is 6.47. The summed E-state index contributed by atoms with van der Waals surface area (Å²) < 4.78 is 15.1. The molecule has 134 valence electrons. The molecule has 4 nitrogen and oxygen atoms in total. The Morgan fingerprint density at radius 1 is 1.04 bits per heavy atom. The van der Waals surface area contributed by atoms with E-state index in [2.05, 4.69) is 63.6 Å². The Balaban J connectivity index is 1.69. The van der Waals surface area contributed by atoms with E-state index in [-0.39, 0.29) is 18.3 Å². The molecule has 1 aromatic carbocycles. The molecule has 4 rings (SSSR count). The molecule has 2 fully saturated rings. The number of hydrogen-bond acceptors (Lipinski definition) is 3. The highest BCUT2D eigenvalue weighted by Gasteiger charge is 2.55. The minimum atomic E-state index is -0.272. The van der Waals surface area contributed by atoms with E-state index in [9.17, 15) is 0 Å². The number of rotatable bonds is 2. The molecule has 0 radical (unpaired) electrons. The fraction of sp³-hybridized carbons (Fsp3) is 0.650. The lowest BCUT2D eigenvalue weighted by molar-refractivity contribution is 0.00578. The lowest BCUT2D eigenvalue weighted by Crippen LogP contribution is -2.41. The van der Waals surface area contributed by atoms with Gasteiger partial charge in [-0.3, -0.25) is 0 Å². The topological polar surface area (TPSA) is 36.3 Å². The van der Waals surface area contributed by atoms with E-state index in [1.807, 2.05) is 0 Å². The van der Waals surface area contributed by atoms with Gasteiger partial charge in [-0.05, 0) is 46.2 Å². The number of fused-ring (bicyclic) bond motifs is 1. The highest BCUT2D eigenvalue weighted by atomic mass is 16.7. The van der Waals surface area contributed by atoms with Crippen molar-refractivity contribution in [2.24, 2.45) is 7.05 Å². The van der Waals surface area contributed by atoms with Crippen molar-refractivity contribution in [1.29, 1.82) is 0 Å². The van der Waals surface area contributed by atoms with Crippen molar-refractivity contribution in [3.05, 3.63) is 30.1 Å². The van der Waals surface area contributed by atoms with Crippen LogP contribution >= 0.6 is 0 Å². The van der Waals surface area contributed by atoms with E-state index in [1.54, 1.807) is 0 Å². The lowest BCUT2D eigenvalue weighted by Gasteiger charge is -2.32. The summed E-state index contributed by atoms with van der Waals surface area (Å²) in [5, 5.41) is 0. The number of imidazole rings is 1. The van der Waals surface area contributed by atoms with Crippen molar-refractivity contribution in [2.75, 3.05) is 0 Å². The van der Waals surface area contributed by atoms with Crippen LogP contribution in [0.15, 0.2) is 24.3 Å². The second kappa shape index (κ2) is 5.85. The smallest absolute Gasteiger partial charge is 0.403 e. The summed E-state index contributed by atoms with van der Waals surface area (Å²) in [4.78, 5) is 4.98. The van der Waals surface area contributed by atoms with Gasteiger partial charge in [0, 0.05) is 18.8 Å². The van der Waals surface area contributed by atoms with Crippen LogP contribution in [-0.4, -0.2) is 27.9 Å². The molecule has 2 heterocycles. The van der Waals surface area contributed by atoms with E-state index in [0.717, 1.165) is 18.4 Å². The third kappa shape index (κ3) is 2.72. The first kappa shape index (κ1) is 17.1. The van der Waals surface area contributed by atoms with Crippen LogP contribution in [-0.2, 0) is 16.4 Å². The van der Waals surface area contributed by atoms with Crippen molar-refractivity contribution in [3.63, 3.8) is 0 Å². The molecule has 1 saturated carbocycles. The molecule has 25 heavy (non-hydrogen) atoms. The maximum atomic E-state index is 6.41. The van der Waals surface area contributed by atoms with Gasteiger partial charge in [0.05, 0.1) is 22.2 Å². The Bertz CT molecular complexity index is 767.